The van der Waals surface area contributed by atoms with Crippen molar-refractivity contribution in [1.29, 1.82) is 0 Å². The summed E-state index contributed by atoms with van der Waals surface area (Å²) in [5, 5.41) is 0. The molecule has 0 spiro atoms. The normalized spacial score (nSPS) is 18.9. The van der Waals surface area contributed by atoms with Crippen LogP contribution in [0.2, 0.25) is 0 Å². The van der Waals surface area contributed by atoms with Crippen molar-refractivity contribution in [3.05, 3.63) is 29.3 Å². The van der Waals surface area contributed by atoms with Crippen LogP contribution in [0.5, 0.6) is 0 Å². The van der Waals surface area contributed by atoms with E-state index in [0.717, 1.165) is 25.0 Å². The van der Waals surface area contributed by atoms with E-state index in [-0.39, 0.29) is 17.4 Å². The zero-order chi connectivity index (χ0) is 13.1. The predicted molar refractivity (Wildman–Crippen MR) is 64.0 cm³/mol. The van der Waals surface area contributed by atoms with Gasteiger partial charge in [0.25, 0.3) is 0 Å². The van der Waals surface area contributed by atoms with E-state index in [0.29, 0.717) is 19.4 Å². The summed E-state index contributed by atoms with van der Waals surface area (Å²) in [5.74, 6) is -1.45. The molecule has 0 bridgehead atoms. The minimum atomic E-state index is -0.724. The van der Waals surface area contributed by atoms with Crippen LogP contribution < -0.4 is 4.90 Å². The van der Waals surface area contributed by atoms with E-state index in [1.807, 2.05) is 0 Å². The summed E-state index contributed by atoms with van der Waals surface area (Å²) in [5.41, 5.74) is -0.115. The third kappa shape index (κ3) is 2.67. The Morgan fingerprint density at radius 3 is 2.61 bits per heavy atom. The van der Waals surface area contributed by atoms with E-state index in [1.165, 1.54) is 4.90 Å². The highest BCUT2D eigenvalue weighted by molar-refractivity contribution is 5.76. The summed E-state index contributed by atoms with van der Waals surface area (Å²) in [6.07, 6.45) is 2.32. The van der Waals surface area contributed by atoms with E-state index in [4.69, 9.17) is 4.74 Å². The van der Waals surface area contributed by atoms with Crippen LogP contribution in [0.25, 0.3) is 0 Å². The molecule has 0 aliphatic carbocycles. The Balaban J connectivity index is 2.18. The summed E-state index contributed by atoms with van der Waals surface area (Å²) in [7, 11) is 1.61. The molecular weight excluding hydrogens is 240 g/mol. The molecule has 0 aromatic heterocycles. The van der Waals surface area contributed by atoms with Crippen LogP contribution in [0.15, 0.2) is 12.1 Å². The lowest BCUT2D eigenvalue weighted by Gasteiger charge is -2.23. The quantitative estimate of drug-likeness (QED) is 0.774. The van der Waals surface area contributed by atoms with E-state index in [1.54, 1.807) is 7.05 Å². The number of halogens is 2. The van der Waals surface area contributed by atoms with Crippen LogP contribution in [0.1, 0.15) is 23.2 Å². The number of carbonyl (C=O) groups excluding carboxylic acids is 1. The predicted octanol–water partition coefficient (Wildman–Crippen LogP) is 2.39. The minimum absolute atomic E-state index is 0.000679. The molecule has 1 heterocycles. The first-order valence-corrected chi connectivity index (χ1v) is 5.88. The average Bonchev–Trinajstić information content (AvgIpc) is 2.80. The van der Waals surface area contributed by atoms with Gasteiger partial charge in [0, 0.05) is 25.8 Å². The Morgan fingerprint density at radius 1 is 1.44 bits per heavy atom. The summed E-state index contributed by atoms with van der Waals surface area (Å²) >= 11 is 0. The molecule has 1 unspecified atom stereocenters. The van der Waals surface area contributed by atoms with Crippen LogP contribution >= 0.6 is 0 Å². The number of hydrogen-bond donors (Lipinski definition) is 0. The maximum absolute atomic E-state index is 13.7. The number of rotatable bonds is 4. The molecule has 1 aromatic rings. The van der Waals surface area contributed by atoms with E-state index < -0.39 is 11.6 Å². The maximum atomic E-state index is 13.7. The van der Waals surface area contributed by atoms with Gasteiger partial charge in [-0.05, 0) is 25.0 Å². The molecule has 0 N–H and O–H groups in total. The largest absolute Gasteiger partial charge is 0.376 e. The van der Waals surface area contributed by atoms with E-state index in [9.17, 15) is 13.6 Å². The Hall–Kier alpha value is -1.49. The molecule has 3 nitrogen and oxygen atoms in total. The van der Waals surface area contributed by atoms with Crippen molar-refractivity contribution in [2.75, 3.05) is 25.1 Å². The van der Waals surface area contributed by atoms with Gasteiger partial charge in [-0.25, -0.2) is 8.78 Å². The van der Waals surface area contributed by atoms with Crippen LogP contribution in [-0.2, 0) is 4.74 Å². The van der Waals surface area contributed by atoms with Crippen LogP contribution in [-0.4, -0.2) is 32.6 Å². The Labute approximate surface area is 104 Å². The van der Waals surface area contributed by atoms with Crippen molar-refractivity contribution in [2.45, 2.75) is 18.9 Å². The van der Waals surface area contributed by atoms with Crippen molar-refractivity contribution < 1.29 is 18.3 Å². The molecule has 0 saturated carbocycles. The summed E-state index contributed by atoms with van der Waals surface area (Å²) in [6, 6.07) is 2.08. The molecule has 2 rings (SSSR count). The fraction of sp³-hybridized carbons (Fsp3) is 0.462. The number of hydrogen-bond acceptors (Lipinski definition) is 3. The summed E-state index contributed by atoms with van der Waals surface area (Å²) in [6.45, 7) is 1.14. The standard InChI is InChI=1S/C13H15F2NO2/c1-16(7-10-3-2-4-18-10)13-11(14)5-9(8-17)6-12(13)15/h5-6,8,10H,2-4,7H2,1H3. The Morgan fingerprint density at radius 2 is 2.11 bits per heavy atom. The molecule has 1 atom stereocenters. The van der Waals surface area contributed by atoms with Crippen molar-refractivity contribution in [3.63, 3.8) is 0 Å². The molecule has 1 fully saturated rings. The summed E-state index contributed by atoms with van der Waals surface area (Å²) < 4.78 is 32.9. The molecule has 5 heteroatoms. The highest BCUT2D eigenvalue weighted by atomic mass is 19.1. The van der Waals surface area contributed by atoms with Crippen LogP contribution in [0, 0.1) is 11.6 Å². The molecule has 98 valence electrons. The highest BCUT2D eigenvalue weighted by Crippen LogP contribution is 2.25. The fourth-order valence-corrected chi connectivity index (χ4v) is 2.20. The second kappa shape index (κ2) is 5.44. The number of benzene rings is 1. The lowest BCUT2D eigenvalue weighted by Crippen LogP contribution is -2.30. The second-order valence-corrected chi connectivity index (χ2v) is 4.47. The van der Waals surface area contributed by atoms with Gasteiger partial charge in [-0.15, -0.1) is 0 Å². The Bertz CT molecular complexity index is 422. The summed E-state index contributed by atoms with van der Waals surface area (Å²) in [4.78, 5) is 12.0. The topological polar surface area (TPSA) is 29.5 Å². The fourth-order valence-electron chi connectivity index (χ4n) is 2.20. The molecular formula is C13H15F2NO2. The van der Waals surface area contributed by atoms with Crippen molar-refractivity contribution >= 4 is 12.0 Å². The zero-order valence-electron chi connectivity index (χ0n) is 10.2. The zero-order valence-corrected chi connectivity index (χ0v) is 10.2. The van der Waals surface area contributed by atoms with Crippen molar-refractivity contribution in [2.24, 2.45) is 0 Å². The number of likely N-dealkylation sites (N-methyl/N-ethyl adjacent to an activating group) is 1. The van der Waals surface area contributed by atoms with Gasteiger partial charge in [-0.3, -0.25) is 4.79 Å². The smallest absolute Gasteiger partial charge is 0.150 e. The van der Waals surface area contributed by atoms with Gasteiger partial charge in [0.2, 0.25) is 0 Å². The van der Waals surface area contributed by atoms with E-state index >= 15 is 0 Å². The molecule has 0 radical (unpaired) electrons. The van der Waals surface area contributed by atoms with Crippen LogP contribution in [0.3, 0.4) is 0 Å². The lowest BCUT2D eigenvalue weighted by atomic mass is 10.1. The third-order valence-corrected chi connectivity index (χ3v) is 3.06. The maximum Gasteiger partial charge on any atom is 0.150 e. The first-order valence-electron chi connectivity index (χ1n) is 5.88. The first-order chi connectivity index (χ1) is 8.61. The number of anilines is 1. The van der Waals surface area contributed by atoms with Gasteiger partial charge >= 0.3 is 0 Å². The third-order valence-electron chi connectivity index (χ3n) is 3.06. The molecule has 1 aromatic carbocycles. The first kappa shape index (κ1) is 13.0. The molecule has 1 aliphatic rings. The van der Waals surface area contributed by atoms with E-state index in [2.05, 4.69) is 0 Å². The molecule has 0 amide bonds. The monoisotopic (exact) mass is 255 g/mol. The molecule has 18 heavy (non-hydrogen) atoms. The van der Waals surface area contributed by atoms with Crippen molar-refractivity contribution in [1.82, 2.24) is 0 Å². The minimum Gasteiger partial charge on any atom is -0.376 e. The van der Waals surface area contributed by atoms with Gasteiger partial charge < -0.3 is 9.64 Å². The van der Waals surface area contributed by atoms with Gasteiger partial charge in [-0.2, -0.15) is 0 Å². The number of nitrogens with zero attached hydrogens (tertiary/aromatic N) is 1. The number of carbonyl (C=O) groups is 1. The van der Waals surface area contributed by atoms with Crippen molar-refractivity contribution in [3.8, 4) is 0 Å². The number of ether oxygens (including phenoxy) is 1. The van der Waals surface area contributed by atoms with Gasteiger partial charge in [0.15, 0.2) is 0 Å². The average molecular weight is 255 g/mol. The lowest BCUT2D eigenvalue weighted by molar-refractivity contribution is 0.112. The second-order valence-electron chi connectivity index (χ2n) is 4.47. The highest BCUT2D eigenvalue weighted by Gasteiger charge is 2.21. The SMILES string of the molecule is CN(CC1CCCO1)c1c(F)cc(C=O)cc1F. The molecule has 1 aliphatic heterocycles. The van der Waals surface area contributed by atoms with Crippen LogP contribution in [0.4, 0.5) is 14.5 Å². The molecule has 1 saturated heterocycles. The number of aldehydes is 1. The van der Waals surface area contributed by atoms with Gasteiger partial charge in [0.05, 0.1) is 6.10 Å². The van der Waals surface area contributed by atoms with Gasteiger partial charge in [-0.1, -0.05) is 0 Å². The van der Waals surface area contributed by atoms with Gasteiger partial charge in [0.1, 0.15) is 23.6 Å². The Kier molecular flexibility index (Phi) is 3.91.